The van der Waals surface area contributed by atoms with Crippen LogP contribution in [0.5, 0.6) is 0 Å². The largest absolute Gasteiger partial charge is 0.465 e. The highest BCUT2D eigenvalue weighted by Gasteiger charge is 2.43. The average Bonchev–Trinajstić information content (AvgIpc) is 3.44. The van der Waals surface area contributed by atoms with Crippen LogP contribution < -0.4 is 5.32 Å². The minimum Gasteiger partial charge on any atom is -0.465 e. The van der Waals surface area contributed by atoms with Gasteiger partial charge in [0.1, 0.15) is 0 Å². The summed E-state index contributed by atoms with van der Waals surface area (Å²) in [5.41, 5.74) is 2.16. The third kappa shape index (κ3) is 6.31. The standard InChI is InChI=1S/C27H33ClN6O4/c1-2-18-7-3-8-19(15-18)25-21(10-4-11-22(25)28)27(38,12-6-13-29-26(36)37)20-9-5-14-34(17-20)24(35)16-23-30-32-33-31-23/h3-4,7-8,10-11,15,20,29,38H,2,5-6,9,12-14,16-17H2,1H3,(H,36,37)(H,30,31,32,33)/t20-,27+/m1/s1. The molecule has 1 saturated heterocycles. The molecule has 1 fully saturated rings. The lowest BCUT2D eigenvalue weighted by molar-refractivity contribution is -0.136. The number of halogens is 1. The van der Waals surface area contributed by atoms with Crippen molar-refractivity contribution in [1.29, 1.82) is 0 Å². The van der Waals surface area contributed by atoms with E-state index in [-0.39, 0.29) is 24.8 Å². The number of likely N-dealkylation sites (tertiary alicyclic amines) is 1. The van der Waals surface area contributed by atoms with Gasteiger partial charge in [0.05, 0.1) is 12.0 Å². The van der Waals surface area contributed by atoms with E-state index in [0.29, 0.717) is 48.8 Å². The van der Waals surface area contributed by atoms with Crippen LogP contribution in [-0.2, 0) is 23.2 Å². The first-order chi connectivity index (χ1) is 18.3. The second kappa shape index (κ2) is 12.4. The highest BCUT2D eigenvalue weighted by molar-refractivity contribution is 6.33. The molecule has 1 aliphatic rings. The summed E-state index contributed by atoms with van der Waals surface area (Å²) in [4.78, 5) is 25.8. The quantitative estimate of drug-likeness (QED) is 0.286. The summed E-state index contributed by atoms with van der Waals surface area (Å²) in [6.45, 7) is 3.21. The Bertz CT molecular complexity index is 1250. The van der Waals surface area contributed by atoms with Crippen molar-refractivity contribution in [3.05, 3.63) is 64.4 Å². The number of nitrogens with zero attached hydrogens (tertiary/aromatic N) is 4. The van der Waals surface area contributed by atoms with E-state index < -0.39 is 11.7 Å². The molecule has 10 nitrogen and oxygen atoms in total. The number of aryl methyl sites for hydroxylation is 1. The van der Waals surface area contributed by atoms with Crippen molar-refractivity contribution in [1.82, 2.24) is 30.8 Å². The molecule has 0 unspecified atom stereocenters. The molecule has 0 saturated carbocycles. The Morgan fingerprint density at radius 1 is 1.26 bits per heavy atom. The molecule has 2 aromatic carbocycles. The molecule has 4 N–H and O–H groups in total. The van der Waals surface area contributed by atoms with E-state index in [1.165, 1.54) is 0 Å². The Labute approximate surface area is 226 Å². The Morgan fingerprint density at radius 3 is 2.82 bits per heavy atom. The zero-order valence-electron chi connectivity index (χ0n) is 21.4. The third-order valence-electron chi connectivity index (χ3n) is 7.27. The van der Waals surface area contributed by atoms with Crippen molar-refractivity contribution in [3.63, 3.8) is 0 Å². The van der Waals surface area contributed by atoms with E-state index in [9.17, 15) is 14.7 Å². The topological polar surface area (TPSA) is 144 Å². The van der Waals surface area contributed by atoms with Gasteiger partial charge in [-0.3, -0.25) is 4.79 Å². The van der Waals surface area contributed by atoms with Crippen LogP contribution in [0, 0.1) is 5.92 Å². The van der Waals surface area contributed by atoms with Gasteiger partial charge in [-0.15, -0.1) is 5.10 Å². The van der Waals surface area contributed by atoms with Gasteiger partial charge in [-0.05, 0) is 65.3 Å². The fourth-order valence-corrected chi connectivity index (χ4v) is 5.62. The molecule has 0 aliphatic carbocycles. The van der Waals surface area contributed by atoms with Gasteiger partial charge in [-0.2, -0.15) is 0 Å². The summed E-state index contributed by atoms with van der Waals surface area (Å²) in [6.07, 6.45) is 1.95. The van der Waals surface area contributed by atoms with Crippen LogP contribution in [0.4, 0.5) is 4.79 Å². The van der Waals surface area contributed by atoms with E-state index in [1.54, 1.807) is 4.90 Å². The van der Waals surface area contributed by atoms with Crippen LogP contribution in [-0.4, -0.2) is 67.4 Å². The van der Waals surface area contributed by atoms with Crippen molar-refractivity contribution in [2.45, 2.75) is 51.0 Å². The number of carbonyl (C=O) groups excluding carboxylic acids is 1. The maximum Gasteiger partial charge on any atom is 0.404 e. The first-order valence-corrected chi connectivity index (χ1v) is 13.3. The first-order valence-electron chi connectivity index (χ1n) is 12.9. The Kier molecular flexibility index (Phi) is 8.96. The van der Waals surface area contributed by atoms with E-state index in [1.807, 2.05) is 30.3 Å². The van der Waals surface area contributed by atoms with Gasteiger partial charge in [0, 0.05) is 36.1 Å². The number of H-pyrrole nitrogens is 1. The van der Waals surface area contributed by atoms with Crippen LogP contribution in [0.3, 0.4) is 0 Å². The summed E-state index contributed by atoms with van der Waals surface area (Å²) in [5, 5.41) is 38.0. The molecule has 1 aromatic heterocycles. The molecule has 202 valence electrons. The Hall–Kier alpha value is -3.50. The predicted molar refractivity (Wildman–Crippen MR) is 143 cm³/mol. The van der Waals surface area contributed by atoms with Gasteiger partial charge in [0.25, 0.3) is 0 Å². The van der Waals surface area contributed by atoms with Crippen molar-refractivity contribution < 1.29 is 19.8 Å². The number of amides is 2. The maximum absolute atomic E-state index is 13.1. The molecule has 0 radical (unpaired) electrons. The number of carbonyl (C=O) groups is 2. The van der Waals surface area contributed by atoms with Crippen molar-refractivity contribution in [2.24, 2.45) is 5.92 Å². The van der Waals surface area contributed by atoms with Gasteiger partial charge in [-0.1, -0.05) is 54.9 Å². The maximum atomic E-state index is 13.1. The number of nitrogens with one attached hydrogen (secondary N) is 2. The molecule has 2 heterocycles. The third-order valence-corrected chi connectivity index (χ3v) is 7.59. The number of rotatable bonds is 10. The molecule has 2 atom stereocenters. The van der Waals surface area contributed by atoms with Gasteiger partial charge in [0.2, 0.25) is 5.91 Å². The van der Waals surface area contributed by atoms with Crippen molar-refractivity contribution in [3.8, 4) is 11.1 Å². The highest BCUT2D eigenvalue weighted by atomic mass is 35.5. The van der Waals surface area contributed by atoms with E-state index in [2.05, 4.69) is 45.0 Å². The van der Waals surface area contributed by atoms with Gasteiger partial charge in [0.15, 0.2) is 5.82 Å². The van der Waals surface area contributed by atoms with Crippen LogP contribution in [0.2, 0.25) is 5.02 Å². The van der Waals surface area contributed by atoms with Gasteiger partial charge < -0.3 is 20.4 Å². The SMILES string of the molecule is CCc1cccc(-c2c(Cl)cccc2[C@](O)(CCCNC(=O)O)[C@@H]2CCCN(C(=O)Cc3nnn[nH]3)C2)c1. The molecule has 0 spiro atoms. The number of tetrazole rings is 1. The van der Waals surface area contributed by atoms with Gasteiger partial charge >= 0.3 is 6.09 Å². The number of hydrogen-bond acceptors (Lipinski definition) is 6. The fourth-order valence-electron chi connectivity index (χ4n) is 5.34. The lowest BCUT2D eigenvalue weighted by Gasteiger charge is -2.43. The monoisotopic (exact) mass is 540 g/mol. The molecule has 11 heteroatoms. The molecule has 2 amide bonds. The number of aromatic nitrogens is 4. The minimum atomic E-state index is -1.35. The molecule has 0 bridgehead atoms. The zero-order chi connectivity index (χ0) is 27.1. The normalized spacial score (nSPS) is 17.1. The number of carboxylic acid groups (broad SMARTS) is 1. The molecular weight excluding hydrogens is 508 g/mol. The average molecular weight is 541 g/mol. The molecule has 3 aromatic rings. The Morgan fingerprint density at radius 2 is 2.08 bits per heavy atom. The van der Waals surface area contributed by atoms with E-state index >= 15 is 0 Å². The van der Waals surface area contributed by atoms with E-state index in [4.69, 9.17) is 16.7 Å². The van der Waals surface area contributed by atoms with Gasteiger partial charge in [-0.25, -0.2) is 9.89 Å². The predicted octanol–water partition coefficient (Wildman–Crippen LogP) is 3.80. The summed E-state index contributed by atoms with van der Waals surface area (Å²) >= 11 is 6.78. The number of aromatic amines is 1. The minimum absolute atomic E-state index is 0.0485. The van der Waals surface area contributed by atoms with Crippen LogP contribution in [0.15, 0.2) is 42.5 Å². The fraction of sp³-hybridized carbons (Fsp3) is 0.444. The number of benzene rings is 2. The lowest BCUT2D eigenvalue weighted by atomic mass is 9.72. The summed E-state index contributed by atoms with van der Waals surface area (Å²) in [7, 11) is 0. The number of piperidine rings is 1. The second-order valence-corrected chi connectivity index (χ2v) is 10.1. The molecule has 1 aliphatic heterocycles. The lowest BCUT2D eigenvalue weighted by Crippen LogP contribution is -2.49. The smallest absolute Gasteiger partial charge is 0.404 e. The van der Waals surface area contributed by atoms with Crippen LogP contribution in [0.25, 0.3) is 11.1 Å². The molecule has 4 rings (SSSR count). The highest BCUT2D eigenvalue weighted by Crippen LogP contribution is 2.45. The van der Waals surface area contributed by atoms with Crippen molar-refractivity contribution >= 4 is 23.6 Å². The van der Waals surface area contributed by atoms with E-state index in [0.717, 1.165) is 29.5 Å². The second-order valence-electron chi connectivity index (χ2n) is 9.68. The van der Waals surface area contributed by atoms with Crippen molar-refractivity contribution in [2.75, 3.05) is 19.6 Å². The van der Waals surface area contributed by atoms with Crippen LogP contribution >= 0.6 is 11.6 Å². The molecule has 38 heavy (non-hydrogen) atoms. The Balaban J connectivity index is 1.69. The van der Waals surface area contributed by atoms with Crippen LogP contribution in [0.1, 0.15) is 49.6 Å². The number of hydrogen-bond donors (Lipinski definition) is 4. The molecular formula is C27H33ClN6O4. The summed E-state index contributed by atoms with van der Waals surface area (Å²) < 4.78 is 0. The number of aliphatic hydroxyl groups is 1. The zero-order valence-corrected chi connectivity index (χ0v) is 22.1. The summed E-state index contributed by atoms with van der Waals surface area (Å²) in [5.74, 6) is -0.0189. The first kappa shape index (κ1) is 27.5. The summed E-state index contributed by atoms with van der Waals surface area (Å²) in [6, 6.07) is 13.6.